The van der Waals surface area contributed by atoms with Gasteiger partial charge in [0.05, 0.1) is 27.9 Å². The van der Waals surface area contributed by atoms with Crippen molar-refractivity contribution in [1.82, 2.24) is 14.9 Å². The standard InChI is InChI=1S/C23H28N4O5S/c1-23(2,11-12-27-14-18(22(29)30)25-15-27)26-13-19(28)17-9-6-10-20(21(17)24)33(31,32)16-7-4-3-5-8-16/h3-10,14-15,19,26,28H,11-13,24H2,1-2H3,(H,29,30). The maximum Gasteiger partial charge on any atom is 0.356 e. The molecule has 0 aliphatic carbocycles. The van der Waals surface area contributed by atoms with Gasteiger partial charge in [-0.1, -0.05) is 30.3 Å². The number of carboxylic acid groups (broad SMARTS) is 1. The molecular weight excluding hydrogens is 444 g/mol. The number of para-hydroxylation sites is 1. The molecule has 3 aromatic rings. The second-order valence-electron chi connectivity index (χ2n) is 8.41. The van der Waals surface area contributed by atoms with Crippen molar-refractivity contribution in [3.05, 3.63) is 72.3 Å². The molecule has 10 heteroatoms. The number of hydrogen-bond acceptors (Lipinski definition) is 7. The SMILES string of the molecule is CC(C)(CCn1cnc(C(=O)O)c1)NCC(O)c1cccc(S(=O)(=O)c2ccccc2)c1N. The molecule has 1 atom stereocenters. The molecule has 1 unspecified atom stereocenters. The van der Waals surface area contributed by atoms with E-state index >= 15 is 0 Å². The van der Waals surface area contributed by atoms with Crippen molar-refractivity contribution < 1.29 is 23.4 Å². The summed E-state index contributed by atoms with van der Waals surface area (Å²) in [4.78, 5) is 14.9. The highest BCUT2D eigenvalue weighted by Crippen LogP contribution is 2.31. The van der Waals surface area contributed by atoms with Gasteiger partial charge in [-0.3, -0.25) is 0 Å². The number of carbonyl (C=O) groups is 1. The highest BCUT2D eigenvalue weighted by molar-refractivity contribution is 7.91. The lowest BCUT2D eigenvalue weighted by atomic mass is 9.99. The van der Waals surface area contributed by atoms with Crippen molar-refractivity contribution in [2.75, 3.05) is 12.3 Å². The molecule has 9 nitrogen and oxygen atoms in total. The van der Waals surface area contributed by atoms with Gasteiger partial charge in [0.1, 0.15) is 0 Å². The number of β-amino-alcohol motifs (C(OH)–C–C–N with tert-alkyl or cyclic N) is 1. The van der Waals surface area contributed by atoms with Crippen LogP contribution in [0, 0.1) is 0 Å². The van der Waals surface area contributed by atoms with Gasteiger partial charge in [0.25, 0.3) is 0 Å². The van der Waals surface area contributed by atoms with Crippen LogP contribution in [0.4, 0.5) is 5.69 Å². The maximum absolute atomic E-state index is 13.0. The van der Waals surface area contributed by atoms with Crippen LogP contribution in [-0.4, -0.2) is 46.2 Å². The zero-order valence-electron chi connectivity index (χ0n) is 18.5. The number of aryl methyl sites for hydroxylation is 1. The molecule has 0 bridgehead atoms. The molecule has 0 saturated carbocycles. The van der Waals surface area contributed by atoms with Crippen LogP contribution in [0.2, 0.25) is 0 Å². The molecule has 2 aromatic carbocycles. The summed E-state index contributed by atoms with van der Waals surface area (Å²) in [6.45, 7) is 4.59. The van der Waals surface area contributed by atoms with Gasteiger partial charge in [-0.2, -0.15) is 0 Å². The van der Waals surface area contributed by atoms with Crippen molar-refractivity contribution in [2.24, 2.45) is 0 Å². The summed E-state index contributed by atoms with van der Waals surface area (Å²) in [6.07, 6.45) is 2.54. The number of imidazole rings is 1. The van der Waals surface area contributed by atoms with Crippen LogP contribution in [0.25, 0.3) is 0 Å². The third kappa shape index (κ3) is 5.78. The first kappa shape index (κ1) is 24.4. The zero-order valence-corrected chi connectivity index (χ0v) is 19.3. The van der Waals surface area contributed by atoms with Crippen LogP contribution in [0.15, 0.2) is 70.8 Å². The number of anilines is 1. The first-order valence-corrected chi connectivity index (χ1v) is 11.9. The van der Waals surface area contributed by atoms with E-state index in [2.05, 4.69) is 10.3 Å². The summed E-state index contributed by atoms with van der Waals surface area (Å²) in [7, 11) is -3.82. The Bertz CT molecular complexity index is 1220. The molecule has 3 rings (SSSR count). The molecule has 0 fully saturated rings. The van der Waals surface area contributed by atoms with E-state index in [0.717, 1.165) is 0 Å². The van der Waals surface area contributed by atoms with Gasteiger partial charge in [-0.25, -0.2) is 18.2 Å². The van der Waals surface area contributed by atoms with Crippen LogP contribution in [-0.2, 0) is 16.4 Å². The Labute approximate surface area is 192 Å². The second kappa shape index (κ2) is 9.74. The highest BCUT2D eigenvalue weighted by atomic mass is 32.2. The van der Waals surface area contributed by atoms with E-state index in [1.807, 2.05) is 13.8 Å². The molecule has 33 heavy (non-hydrogen) atoms. The average molecular weight is 473 g/mol. The normalized spacial score (nSPS) is 13.1. The first-order chi connectivity index (χ1) is 15.5. The van der Waals surface area contributed by atoms with Gasteiger partial charge in [-0.05, 0) is 38.5 Å². The number of nitrogens with two attached hydrogens (primary N) is 1. The van der Waals surface area contributed by atoms with Crippen LogP contribution in [0.3, 0.4) is 0 Å². The number of nitrogens with zero attached hydrogens (tertiary/aromatic N) is 2. The number of carboxylic acids is 1. The number of nitrogen functional groups attached to an aromatic ring is 1. The molecule has 176 valence electrons. The summed E-state index contributed by atoms with van der Waals surface area (Å²) < 4.78 is 27.7. The zero-order chi connectivity index (χ0) is 24.2. The summed E-state index contributed by atoms with van der Waals surface area (Å²) >= 11 is 0. The largest absolute Gasteiger partial charge is 0.476 e. The highest BCUT2D eigenvalue weighted by Gasteiger charge is 2.25. The van der Waals surface area contributed by atoms with Gasteiger partial charge in [-0.15, -0.1) is 0 Å². The third-order valence-electron chi connectivity index (χ3n) is 5.42. The Kier molecular flexibility index (Phi) is 7.21. The Hall–Kier alpha value is -3.21. The number of aromatic carboxylic acids is 1. The molecular formula is C23H28N4O5S. The number of aliphatic hydroxyl groups excluding tert-OH is 1. The molecule has 0 aliphatic rings. The van der Waals surface area contributed by atoms with E-state index in [1.165, 1.54) is 30.7 Å². The van der Waals surface area contributed by atoms with Crippen molar-refractivity contribution >= 4 is 21.5 Å². The van der Waals surface area contributed by atoms with Crippen molar-refractivity contribution in [3.8, 4) is 0 Å². The second-order valence-corrected chi connectivity index (χ2v) is 10.3. The number of nitrogens with one attached hydrogen (secondary N) is 1. The summed E-state index contributed by atoms with van der Waals surface area (Å²) in [6, 6.07) is 12.6. The van der Waals surface area contributed by atoms with Crippen LogP contribution in [0.5, 0.6) is 0 Å². The molecule has 0 spiro atoms. The maximum atomic E-state index is 13.0. The molecule has 5 N–H and O–H groups in total. The van der Waals surface area contributed by atoms with Crippen LogP contribution >= 0.6 is 0 Å². The van der Waals surface area contributed by atoms with Crippen LogP contribution < -0.4 is 11.1 Å². The summed E-state index contributed by atoms with van der Waals surface area (Å²) in [5.41, 5.74) is 6.11. The third-order valence-corrected chi connectivity index (χ3v) is 7.25. The topological polar surface area (TPSA) is 148 Å². The Balaban J connectivity index is 1.68. The van der Waals surface area contributed by atoms with Crippen LogP contribution in [0.1, 0.15) is 42.4 Å². The molecule has 1 heterocycles. The fourth-order valence-electron chi connectivity index (χ4n) is 3.39. The predicted octanol–water partition coefficient (Wildman–Crippen LogP) is 2.49. The van der Waals surface area contributed by atoms with E-state index in [-0.39, 0.29) is 27.7 Å². The average Bonchev–Trinajstić information content (AvgIpc) is 3.26. The van der Waals surface area contributed by atoms with E-state index in [9.17, 15) is 18.3 Å². The van der Waals surface area contributed by atoms with Crippen molar-refractivity contribution in [1.29, 1.82) is 0 Å². The first-order valence-electron chi connectivity index (χ1n) is 10.4. The monoisotopic (exact) mass is 472 g/mol. The number of rotatable bonds is 10. The lowest BCUT2D eigenvalue weighted by Crippen LogP contribution is -2.42. The lowest BCUT2D eigenvalue weighted by molar-refractivity contribution is 0.0691. The summed E-state index contributed by atoms with van der Waals surface area (Å²) in [5.74, 6) is -1.08. The Morgan fingerprint density at radius 2 is 1.88 bits per heavy atom. The smallest absolute Gasteiger partial charge is 0.356 e. The fourth-order valence-corrected chi connectivity index (χ4v) is 4.82. The Morgan fingerprint density at radius 1 is 1.18 bits per heavy atom. The van der Waals surface area contributed by atoms with Gasteiger partial charge >= 0.3 is 5.97 Å². The fraction of sp³-hybridized carbons (Fsp3) is 0.304. The van der Waals surface area contributed by atoms with Gasteiger partial charge in [0.2, 0.25) is 9.84 Å². The minimum atomic E-state index is -3.82. The number of benzene rings is 2. The van der Waals surface area contributed by atoms with E-state index in [1.54, 1.807) is 34.9 Å². The lowest BCUT2D eigenvalue weighted by Gasteiger charge is -2.28. The van der Waals surface area contributed by atoms with E-state index < -0.39 is 27.4 Å². The number of sulfone groups is 1. The van der Waals surface area contributed by atoms with Gasteiger partial charge in [0.15, 0.2) is 5.69 Å². The molecule has 0 aliphatic heterocycles. The quantitative estimate of drug-likeness (QED) is 0.329. The minimum absolute atomic E-state index is 0.0167. The Morgan fingerprint density at radius 3 is 2.52 bits per heavy atom. The number of hydrogen-bond donors (Lipinski definition) is 4. The van der Waals surface area contributed by atoms with Crippen molar-refractivity contribution in [2.45, 2.75) is 48.2 Å². The van der Waals surface area contributed by atoms with Crippen molar-refractivity contribution in [3.63, 3.8) is 0 Å². The van der Waals surface area contributed by atoms with E-state index in [4.69, 9.17) is 10.8 Å². The molecule has 0 radical (unpaired) electrons. The molecule has 0 saturated heterocycles. The minimum Gasteiger partial charge on any atom is -0.476 e. The van der Waals surface area contributed by atoms with Gasteiger partial charge < -0.3 is 25.8 Å². The predicted molar refractivity (Wildman–Crippen MR) is 124 cm³/mol. The van der Waals surface area contributed by atoms with E-state index in [0.29, 0.717) is 18.5 Å². The summed E-state index contributed by atoms with van der Waals surface area (Å²) in [5, 5.41) is 23.0. The number of aromatic nitrogens is 2. The molecule has 0 amide bonds. The number of aliphatic hydroxyl groups is 1. The van der Waals surface area contributed by atoms with Gasteiger partial charge in [0, 0.05) is 30.4 Å². The molecule has 1 aromatic heterocycles.